The summed E-state index contributed by atoms with van der Waals surface area (Å²) in [7, 11) is -3.77. The summed E-state index contributed by atoms with van der Waals surface area (Å²) in [5.74, 6) is 1.30. The van der Waals surface area contributed by atoms with Crippen LogP contribution in [0, 0.1) is 12.8 Å². The lowest BCUT2D eigenvalue weighted by atomic mass is 10.2. The molecule has 0 radical (unpaired) electrons. The lowest BCUT2D eigenvalue weighted by Gasteiger charge is -2.11. The first-order valence-corrected chi connectivity index (χ1v) is 9.49. The maximum absolute atomic E-state index is 12.5. The molecule has 1 aliphatic rings. The van der Waals surface area contributed by atoms with Gasteiger partial charge in [-0.05, 0) is 49.4 Å². The molecular weight excluding hydrogens is 350 g/mol. The number of halogens is 1. The van der Waals surface area contributed by atoms with Crippen molar-refractivity contribution in [1.82, 2.24) is 9.97 Å². The highest BCUT2D eigenvalue weighted by Crippen LogP contribution is 2.29. The van der Waals surface area contributed by atoms with E-state index in [0.29, 0.717) is 28.9 Å². The van der Waals surface area contributed by atoms with Crippen molar-refractivity contribution < 1.29 is 13.2 Å². The molecule has 0 bridgehead atoms. The van der Waals surface area contributed by atoms with Crippen LogP contribution in [0.25, 0.3) is 0 Å². The number of aromatic nitrogens is 2. The van der Waals surface area contributed by atoms with E-state index in [-0.39, 0.29) is 17.3 Å². The van der Waals surface area contributed by atoms with Crippen LogP contribution in [0.1, 0.15) is 24.2 Å². The van der Waals surface area contributed by atoms with Crippen LogP contribution in [0.5, 0.6) is 0 Å². The van der Waals surface area contributed by atoms with Gasteiger partial charge in [0.25, 0.3) is 10.0 Å². The molecule has 1 fully saturated rings. The Morgan fingerprint density at radius 3 is 2.88 bits per heavy atom. The zero-order chi connectivity index (χ0) is 17.2. The number of hydrogen-bond acceptors (Lipinski definition) is 5. The lowest BCUT2D eigenvalue weighted by Crippen LogP contribution is -2.16. The fourth-order valence-corrected chi connectivity index (χ4v) is 3.70. The third-order valence-corrected chi connectivity index (χ3v) is 5.64. The van der Waals surface area contributed by atoms with Gasteiger partial charge in [0.1, 0.15) is 12.4 Å². The van der Waals surface area contributed by atoms with Gasteiger partial charge in [0.05, 0.1) is 4.90 Å². The second-order valence-corrected chi connectivity index (χ2v) is 7.84. The van der Waals surface area contributed by atoms with Gasteiger partial charge >= 0.3 is 0 Å². The van der Waals surface area contributed by atoms with Crippen LogP contribution in [-0.4, -0.2) is 25.0 Å². The van der Waals surface area contributed by atoms with Crippen molar-refractivity contribution in [2.24, 2.45) is 5.92 Å². The molecule has 3 rings (SSSR count). The Morgan fingerprint density at radius 2 is 2.12 bits per heavy atom. The van der Waals surface area contributed by atoms with Crippen LogP contribution in [0.2, 0.25) is 5.02 Å². The second-order valence-electron chi connectivity index (χ2n) is 5.79. The Kier molecular flexibility index (Phi) is 5.03. The first-order chi connectivity index (χ1) is 11.5. The molecule has 0 unspecified atom stereocenters. The third-order valence-electron chi connectivity index (χ3n) is 3.73. The molecule has 0 spiro atoms. The third kappa shape index (κ3) is 4.23. The van der Waals surface area contributed by atoms with Gasteiger partial charge in [0, 0.05) is 17.8 Å². The van der Waals surface area contributed by atoms with E-state index in [4.69, 9.17) is 16.3 Å². The van der Waals surface area contributed by atoms with E-state index in [1.165, 1.54) is 31.2 Å². The molecule has 0 amide bonds. The summed E-state index contributed by atoms with van der Waals surface area (Å²) < 4.78 is 33.1. The first kappa shape index (κ1) is 17.1. The predicted molar refractivity (Wildman–Crippen MR) is 91.4 cm³/mol. The summed E-state index contributed by atoms with van der Waals surface area (Å²) in [6, 6.07) is 6.25. The minimum Gasteiger partial charge on any atom is -0.373 e. The molecule has 0 atom stereocenters. The number of ether oxygens (including phenoxy) is 1. The van der Waals surface area contributed by atoms with Crippen LogP contribution in [0.3, 0.4) is 0 Å². The highest BCUT2D eigenvalue weighted by Gasteiger charge is 2.21. The first-order valence-electron chi connectivity index (χ1n) is 7.63. The molecule has 128 valence electrons. The smallest absolute Gasteiger partial charge is 0.263 e. The van der Waals surface area contributed by atoms with Crippen LogP contribution in [-0.2, 0) is 21.4 Å². The molecule has 6 nitrogen and oxygen atoms in total. The quantitative estimate of drug-likeness (QED) is 0.812. The minimum absolute atomic E-state index is 0.125. The molecule has 1 heterocycles. The zero-order valence-corrected chi connectivity index (χ0v) is 14.8. The Bertz CT molecular complexity index is 838. The second kappa shape index (κ2) is 7.04. The van der Waals surface area contributed by atoms with Gasteiger partial charge in [0.2, 0.25) is 0 Å². The Labute approximate surface area is 146 Å². The largest absolute Gasteiger partial charge is 0.373 e. The fraction of sp³-hybridized carbons (Fsp3) is 0.375. The molecule has 0 saturated heterocycles. The topological polar surface area (TPSA) is 81.2 Å². The average Bonchev–Trinajstić information content (AvgIpc) is 3.34. The lowest BCUT2D eigenvalue weighted by molar-refractivity contribution is 0.106. The minimum atomic E-state index is -3.77. The van der Waals surface area contributed by atoms with Crippen molar-refractivity contribution in [2.45, 2.75) is 31.3 Å². The Hall–Kier alpha value is -1.70. The molecule has 0 aliphatic heterocycles. The number of rotatable bonds is 7. The number of anilines is 1. The standard InChI is InChI=1S/C16H18ClN3O3S/c1-11-13(17)3-2-4-14(11)24(21,22)20-15-7-8-18-16(19-15)10-23-9-12-5-6-12/h2-4,7-8,12H,5-6,9-10H2,1H3,(H,18,19,20). The van der Waals surface area contributed by atoms with Crippen molar-refractivity contribution >= 4 is 27.4 Å². The number of nitrogens with zero attached hydrogens (tertiary/aromatic N) is 2. The normalized spacial score (nSPS) is 14.6. The maximum atomic E-state index is 12.5. The molecular formula is C16H18ClN3O3S. The van der Waals surface area contributed by atoms with Crippen LogP contribution in [0.4, 0.5) is 5.82 Å². The number of nitrogens with one attached hydrogen (secondary N) is 1. The van der Waals surface area contributed by atoms with Crippen molar-refractivity contribution in [3.05, 3.63) is 46.9 Å². The van der Waals surface area contributed by atoms with Crippen molar-refractivity contribution in [3.63, 3.8) is 0 Å². The monoisotopic (exact) mass is 367 g/mol. The summed E-state index contributed by atoms with van der Waals surface area (Å²) in [6.07, 6.45) is 3.92. The molecule has 1 saturated carbocycles. The summed E-state index contributed by atoms with van der Waals surface area (Å²) in [5.41, 5.74) is 0.494. The molecule has 24 heavy (non-hydrogen) atoms. The van der Waals surface area contributed by atoms with Crippen molar-refractivity contribution in [2.75, 3.05) is 11.3 Å². The van der Waals surface area contributed by atoms with Crippen LogP contribution in [0.15, 0.2) is 35.4 Å². The van der Waals surface area contributed by atoms with E-state index in [0.717, 1.165) is 0 Å². The predicted octanol–water partition coefficient (Wildman–Crippen LogP) is 3.17. The van der Waals surface area contributed by atoms with E-state index in [1.54, 1.807) is 19.1 Å². The van der Waals surface area contributed by atoms with E-state index in [9.17, 15) is 8.42 Å². The number of benzene rings is 1. The summed E-state index contributed by atoms with van der Waals surface area (Å²) in [4.78, 5) is 8.42. The molecule has 1 aromatic carbocycles. The molecule has 1 N–H and O–H groups in total. The van der Waals surface area contributed by atoms with E-state index in [2.05, 4.69) is 14.7 Å². The Morgan fingerprint density at radius 1 is 1.33 bits per heavy atom. The fourth-order valence-electron chi connectivity index (χ4n) is 2.20. The highest BCUT2D eigenvalue weighted by atomic mass is 35.5. The van der Waals surface area contributed by atoms with Gasteiger partial charge in [0.15, 0.2) is 5.82 Å². The van der Waals surface area contributed by atoms with E-state index >= 15 is 0 Å². The van der Waals surface area contributed by atoms with Crippen LogP contribution >= 0.6 is 11.6 Å². The van der Waals surface area contributed by atoms with Crippen molar-refractivity contribution in [1.29, 1.82) is 0 Å². The molecule has 8 heteroatoms. The zero-order valence-electron chi connectivity index (χ0n) is 13.2. The number of hydrogen-bond donors (Lipinski definition) is 1. The van der Waals surface area contributed by atoms with Gasteiger partial charge in [-0.15, -0.1) is 0 Å². The average molecular weight is 368 g/mol. The molecule has 2 aromatic rings. The van der Waals surface area contributed by atoms with Gasteiger partial charge in [-0.25, -0.2) is 18.4 Å². The maximum Gasteiger partial charge on any atom is 0.263 e. The molecule has 1 aliphatic carbocycles. The highest BCUT2D eigenvalue weighted by molar-refractivity contribution is 7.92. The summed E-state index contributed by atoms with van der Waals surface area (Å²) >= 11 is 6.00. The van der Waals surface area contributed by atoms with E-state index in [1.807, 2.05) is 0 Å². The summed E-state index contributed by atoms with van der Waals surface area (Å²) in [6.45, 7) is 2.62. The van der Waals surface area contributed by atoms with E-state index < -0.39 is 10.0 Å². The van der Waals surface area contributed by atoms with Gasteiger partial charge in [-0.1, -0.05) is 17.7 Å². The summed E-state index contributed by atoms with van der Waals surface area (Å²) in [5, 5.41) is 0.398. The van der Waals surface area contributed by atoms with Gasteiger partial charge in [-0.3, -0.25) is 4.72 Å². The molecule has 1 aromatic heterocycles. The van der Waals surface area contributed by atoms with Gasteiger partial charge < -0.3 is 4.74 Å². The van der Waals surface area contributed by atoms with Crippen molar-refractivity contribution in [3.8, 4) is 0 Å². The SMILES string of the molecule is Cc1c(Cl)cccc1S(=O)(=O)Nc1ccnc(COCC2CC2)n1. The Balaban J connectivity index is 1.73. The van der Waals surface area contributed by atoms with Gasteiger partial charge in [-0.2, -0.15) is 0 Å². The van der Waals surface area contributed by atoms with Crippen LogP contribution < -0.4 is 4.72 Å². The number of sulfonamides is 1.